The molecule has 4 nitrogen and oxygen atoms in total. The van der Waals surface area contributed by atoms with Gasteiger partial charge in [0, 0.05) is 11.0 Å². The van der Waals surface area contributed by atoms with E-state index in [2.05, 4.69) is 41.4 Å². The second-order valence-electron chi connectivity index (χ2n) is 11.0. The summed E-state index contributed by atoms with van der Waals surface area (Å²) >= 11 is 17.3. The monoisotopic (exact) mass is 631 g/mol. The summed E-state index contributed by atoms with van der Waals surface area (Å²) < 4.78 is 1.59. The number of carboxylic acids is 1. The molecule has 1 saturated carbocycles. The van der Waals surface area contributed by atoms with E-state index in [1.54, 1.807) is 11.3 Å². The number of aliphatic carboxylic acids is 1. The number of halogens is 2. The summed E-state index contributed by atoms with van der Waals surface area (Å²) in [5, 5.41) is 21.7. The van der Waals surface area contributed by atoms with Crippen LogP contribution in [0, 0.1) is 5.41 Å². The molecule has 2 aromatic carbocycles. The van der Waals surface area contributed by atoms with Gasteiger partial charge in [0.25, 0.3) is 0 Å². The number of thiazole rings is 1. The molecule has 2 N–H and O–H groups in total. The molecular weight excluding hydrogens is 601 g/mol. The van der Waals surface area contributed by atoms with Gasteiger partial charge in [0.15, 0.2) is 0 Å². The fourth-order valence-corrected chi connectivity index (χ4v) is 9.33. The van der Waals surface area contributed by atoms with Gasteiger partial charge in [-0.2, -0.15) is 11.8 Å². The number of carbonyl (C=O) groups is 1. The second-order valence-corrected chi connectivity index (χ2v) is 15.5. The van der Waals surface area contributed by atoms with Crippen molar-refractivity contribution in [2.45, 2.75) is 56.8 Å². The number of hydrogen-bond donors (Lipinski definition) is 2. The highest BCUT2D eigenvalue weighted by Crippen LogP contribution is 2.53. The molecule has 1 aliphatic carbocycles. The van der Waals surface area contributed by atoms with E-state index in [0.717, 1.165) is 62.7 Å². The number of fused-ring (bicyclic) bond motifs is 1. The van der Waals surface area contributed by atoms with Crippen LogP contribution in [-0.2, 0) is 16.8 Å². The summed E-state index contributed by atoms with van der Waals surface area (Å²) in [4.78, 5) is 16.1. The molecule has 1 atom stereocenters. The van der Waals surface area contributed by atoms with Crippen LogP contribution in [0.2, 0.25) is 9.36 Å². The predicted octanol–water partition coefficient (Wildman–Crippen LogP) is 9.72. The van der Waals surface area contributed by atoms with Crippen molar-refractivity contribution in [2.24, 2.45) is 5.41 Å². The van der Waals surface area contributed by atoms with E-state index in [1.165, 1.54) is 16.9 Å². The van der Waals surface area contributed by atoms with Crippen molar-refractivity contribution in [1.82, 2.24) is 4.98 Å². The molecule has 1 unspecified atom stereocenters. The molecule has 2 aromatic heterocycles. The van der Waals surface area contributed by atoms with E-state index in [9.17, 15) is 15.0 Å². The first-order valence-electron chi connectivity index (χ1n) is 13.2. The molecule has 0 radical (unpaired) electrons. The van der Waals surface area contributed by atoms with Crippen molar-refractivity contribution in [3.8, 4) is 0 Å². The molecule has 0 saturated heterocycles. The van der Waals surface area contributed by atoms with E-state index in [0.29, 0.717) is 9.36 Å². The zero-order valence-electron chi connectivity index (χ0n) is 22.3. The van der Waals surface area contributed by atoms with Gasteiger partial charge < -0.3 is 10.2 Å². The van der Waals surface area contributed by atoms with Crippen molar-refractivity contribution in [3.05, 3.63) is 85.2 Å². The number of hydrogen-bond acceptors (Lipinski definition) is 6. The van der Waals surface area contributed by atoms with Gasteiger partial charge in [-0.05, 0) is 73.3 Å². The number of thioether (sulfide) groups is 1. The summed E-state index contributed by atoms with van der Waals surface area (Å²) in [7, 11) is 0. The van der Waals surface area contributed by atoms with Gasteiger partial charge in [-0.3, -0.25) is 4.79 Å². The average molecular weight is 633 g/mol. The van der Waals surface area contributed by atoms with Crippen molar-refractivity contribution in [1.29, 1.82) is 0 Å². The first-order chi connectivity index (χ1) is 19.0. The van der Waals surface area contributed by atoms with Crippen molar-refractivity contribution in [2.75, 3.05) is 5.75 Å². The lowest BCUT2D eigenvalue weighted by atomic mass is 9.90. The lowest BCUT2D eigenvalue weighted by Gasteiger charge is -2.24. The first-order valence-corrected chi connectivity index (χ1v) is 16.6. The van der Waals surface area contributed by atoms with Gasteiger partial charge in [0.2, 0.25) is 0 Å². The molecular formula is C31H31Cl2NO3S3. The highest BCUT2D eigenvalue weighted by Gasteiger charge is 2.44. The SMILES string of the molecule is CC(C)(O)c1ccccc1CCC(SCC1(CC(=O)O)CC1)c1cccc(C=Cc2nc3c(Cl)c(Cl)sc3s2)c1. The third kappa shape index (κ3) is 7.12. The number of carboxylic acid groups (broad SMARTS) is 1. The van der Waals surface area contributed by atoms with Crippen LogP contribution in [0.3, 0.4) is 0 Å². The number of nitrogens with zero attached hydrogens (tertiary/aromatic N) is 1. The minimum atomic E-state index is -0.913. The minimum absolute atomic E-state index is 0.0842. The second kappa shape index (κ2) is 12.2. The largest absolute Gasteiger partial charge is 0.481 e. The number of aromatic nitrogens is 1. The van der Waals surface area contributed by atoms with Crippen molar-refractivity contribution in [3.63, 3.8) is 0 Å². The maximum atomic E-state index is 11.5. The average Bonchev–Trinajstić information content (AvgIpc) is 3.46. The summed E-state index contributed by atoms with van der Waals surface area (Å²) in [6.07, 6.45) is 7.97. The van der Waals surface area contributed by atoms with Crippen molar-refractivity contribution < 1.29 is 15.0 Å². The van der Waals surface area contributed by atoms with Crippen LogP contribution in [-0.4, -0.2) is 26.9 Å². The highest BCUT2D eigenvalue weighted by atomic mass is 35.5. The Morgan fingerprint density at radius 1 is 1.15 bits per heavy atom. The van der Waals surface area contributed by atoms with Crippen molar-refractivity contribution >= 4 is 85.3 Å². The van der Waals surface area contributed by atoms with Crippen LogP contribution >= 0.6 is 57.6 Å². The molecule has 0 bridgehead atoms. The number of aryl methyl sites for hydroxylation is 1. The summed E-state index contributed by atoms with van der Waals surface area (Å²) in [5.41, 5.74) is 4.15. The molecule has 4 aromatic rings. The topological polar surface area (TPSA) is 70.4 Å². The fraction of sp³-hybridized carbons (Fsp3) is 0.355. The third-order valence-corrected chi connectivity index (χ3v) is 12.1. The first kappa shape index (κ1) is 29.6. The molecule has 0 amide bonds. The Bertz CT molecular complexity index is 1550. The molecule has 2 heterocycles. The summed E-state index contributed by atoms with van der Waals surface area (Å²) in [6.45, 7) is 3.65. The van der Waals surface area contributed by atoms with Crippen LogP contribution < -0.4 is 0 Å². The zero-order valence-corrected chi connectivity index (χ0v) is 26.3. The molecule has 0 aliphatic heterocycles. The summed E-state index contributed by atoms with van der Waals surface area (Å²) in [6, 6.07) is 16.6. The zero-order chi connectivity index (χ0) is 28.5. The minimum Gasteiger partial charge on any atom is -0.481 e. The molecule has 0 spiro atoms. The maximum absolute atomic E-state index is 11.5. The van der Waals surface area contributed by atoms with Crippen LogP contribution in [0.25, 0.3) is 21.7 Å². The molecule has 5 rings (SSSR count). The molecule has 9 heteroatoms. The van der Waals surface area contributed by atoms with Crippen LogP contribution in [0.15, 0.2) is 48.5 Å². The van der Waals surface area contributed by atoms with E-state index >= 15 is 0 Å². The van der Waals surface area contributed by atoms with E-state index < -0.39 is 11.6 Å². The van der Waals surface area contributed by atoms with Gasteiger partial charge in [-0.25, -0.2) is 4.98 Å². The fourth-order valence-electron chi connectivity index (χ4n) is 4.97. The molecule has 210 valence electrons. The lowest BCUT2D eigenvalue weighted by Crippen LogP contribution is -2.18. The van der Waals surface area contributed by atoms with Crippen LogP contribution in [0.1, 0.15) is 72.0 Å². The van der Waals surface area contributed by atoms with Gasteiger partial charge >= 0.3 is 5.97 Å². The van der Waals surface area contributed by atoms with Gasteiger partial charge in [-0.1, -0.05) is 77.8 Å². The number of benzene rings is 2. The Hall–Kier alpha value is -1.87. The number of thiophene rings is 1. The van der Waals surface area contributed by atoms with E-state index in [1.807, 2.05) is 49.9 Å². The van der Waals surface area contributed by atoms with E-state index in [4.69, 9.17) is 23.2 Å². The van der Waals surface area contributed by atoms with Gasteiger partial charge in [-0.15, -0.1) is 22.7 Å². The molecule has 1 fully saturated rings. The Kier molecular flexibility index (Phi) is 9.00. The Labute approximate surface area is 257 Å². The normalized spacial score (nSPS) is 15.6. The third-order valence-electron chi connectivity index (χ3n) is 7.30. The smallest absolute Gasteiger partial charge is 0.303 e. The quantitative estimate of drug-likeness (QED) is 0.163. The molecule has 40 heavy (non-hydrogen) atoms. The Balaban J connectivity index is 1.37. The standard InChI is InChI=1S/C31H31Cl2NO3S3/c1-30(2,37)22-9-4-3-7-20(22)11-12-23(38-18-31(14-15-31)17-25(35)36)21-8-5-6-19(16-21)10-13-24-34-27-26(32)28(33)40-29(27)39-24/h3-10,13,16,23,37H,11-12,14-15,17-18H2,1-2H3,(H,35,36). The molecule has 1 aliphatic rings. The van der Waals surface area contributed by atoms with Gasteiger partial charge in [0.1, 0.15) is 18.9 Å². The summed E-state index contributed by atoms with van der Waals surface area (Å²) in [5.74, 6) is 0.114. The Morgan fingerprint density at radius 3 is 2.62 bits per heavy atom. The van der Waals surface area contributed by atoms with E-state index in [-0.39, 0.29) is 17.1 Å². The highest BCUT2D eigenvalue weighted by molar-refractivity contribution is 7.99. The predicted molar refractivity (Wildman–Crippen MR) is 172 cm³/mol. The Morgan fingerprint density at radius 2 is 1.93 bits per heavy atom. The lowest BCUT2D eigenvalue weighted by molar-refractivity contribution is -0.138. The number of rotatable bonds is 12. The van der Waals surface area contributed by atoms with Gasteiger partial charge in [0.05, 0.1) is 17.0 Å². The number of aliphatic hydroxyl groups is 1. The maximum Gasteiger partial charge on any atom is 0.303 e. The van der Waals surface area contributed by atoms with Crippen LogP contribution in [0.4, 0.5) is 0 Å². The van der Waals surface area contributed by atoms with Crippen LogP contribution in [0.5, 0.6) is 0 Å².